The van der Waals surface area contributed by atoms with Crippen LogP contribution in [-0.2, 0) is 20.9 Å². The summed E-state index contributed by atoms with van der Waals surface area (Å²) in [6, 6.07) is 9.78. The number of methoxy groups -OCH3 is 1. The van der Waals surface area contributed by atoms with Crippen molar-refractivity contribution >= 4 is 45.2 Å². The monoisotopic (exact) mass is 425 g/mol. The van der Waals surface area contributed by atoms with Gasteiger partial charge in [-0.25, -0.2) is 0 Å². The number of nitro groups is 1. The van der Waals surface area contributed by atoms with Crippen LogP contribution >= 0.6 is 11.3 Å². The summed E-state index contributed by atoms with van der Waals surface area (Å²) >= 11 is 1.31. The number of aromatic nitrogens is 1. The fourth-order valence-electron chi connectivity index (χ4n) is 2.76. The molecule has 0 N–H and O–H groups in total. The van der Waals surface area contributed by atoms with E-state index in [1.165, 1.54) is 42.7 Å². The molecule has 0 spiro atoms. The largest absolute Gasteiger partial charge is 0.468 e. The van der Waals surface area contributed by atoms with Crippen LogP contribution in [0.25, 0.3) is 16.3 Å². The summed E-state index contributed by atoms with van der Waals surface area (Å²) in [4.78, 5) is 39.0. The maximum atomic E-state index is 12.4. The smallest absolute Gasteiger partial charge is 0.325 e. The number of carbonyl (C=O) groups is 2. The zero-order valence-corrected chi connectivity index (χ0v) is 17.4. The third kappa shape index (κ3) is 4.69. The molecule has 1 aromatic heterocycles. The Hall–Kier alpha value is -3.59. The van der Waals surface area contributed by atoms with Crippen molar-refractivity contribution < 1.29 is 19.2 Å². The predicted octanol–water partition coefficient (Wildman–Crippen LogP) is 3.54. The van der Waals surface area contributed by atoms with Gasteiger partial charge in [0.1, 0.15) is 6.54 Å². The average molecular weight is 425 g/mol. The molecule has 154 valence electrons. The SMILES string of the molecule is COC(=O)Cn1c(=NC(=O)/C=C\c2ccc([N+](=O)[O-])cc2)sc2cc(C)c(C)cc21. The number of aryl methyl sites for hydroxylation is 2. The Bertz CT molecular complexity index is 1240. The molecular weight excluding hydrogens is 406 g/mol. The van der Waals surface area contributed by atoms with Gasteiger partial charge < -0.3 is 9.30 Å². The predicted molar refractivity (Wildman–Crippen MR) is 114 cm³/mol. The van der Waals surface area contributed by atoms with Gasteiger partial charge in [-0.1, -0.05) is 11.3 Å². The summed E-state index contributed by atoms with van der Waals surface area (Å²) in [6.07, 6.45) is 2.81. The number of nitrogens with zero attached hydrogens (tertiary/aromatic N) is 3. The lowest BCUT2D eigenvalue weighted by atomic mass is 10.1. The minimum atomic E-state index is -0.507. The molecule has 1 amide bonds. The van der Waals surface area contributed by atoms with Crippen molar-refractivity contribution in [2.75, 3.05) is 7.11 Å². The third-order valence-corrected chi connectivity index (χ3v) is 5.58. The van der Waals surface area contributed by atoms with Gasteiger partial charge in [-0.05, 0) is 60.9 Å². The summed E-state index contributed by atoms with van der Waals surface area (Å²) < 4.78 is 7.35. The lowest BCUT2D eigenvalue weighted by Gasteiger charge is -2.05. The van der Waals surface area contributed by atoms with E-state index in [2.05, 4.69) is 4.99 Å². The minimum Gasteiger partial charge on any atom is -0.468 e. The summed E-state index contributed by atoms with van der Waals surface area (Å²) in [5, 5.41) is 10.7. The summed E-state index contributed by atoms with van der Waals surface area (Å²) in [6.45, 7) is 3.91. The van der Waals surface area contributed by atoms with Gasteiger partial charge in [0.15, 0.2) is 4.80 Å². The second kappa shape index (κ2) is 8.83. The molecule has 3 rings (SSSR count). The lowest BCUT2D eigenvalue weighted by Crippen LogP contribution is -2.22. The van der Waals surface area contributed by atoms with Gasteiger partial charge in [-0.15, -0.1) is 0 Å². The van der Waals surface area contributed by atoms with E-state index in [0.29, 0.717) is 10.4 Å². The second-order valence-electron chi connectivity index (χ2n) is 6.58. The Kier molecular flexibility index (Phi) is 6.22. The number of hydrogen-bond donors (Lipinski definition) is 0. The van der Waals surface area contributed by atoms with Crippen LogP contribution in [0.1, 0.15) is 16.7 Å². The lowest BCUT2D eigenvalue weighted by molar-refractivity contribution is -0.384. The number of benzene rings is 2. The number of rotatable bonds is 5. The molecule has 0 bridgehead atoms. The topological polar surface area (TPSA) is 104 Å². The van der Waals surface area contributed by atoms with Crippen molar-refractivity contribution in [2.45, 2.75) is 20.4 Å². The van der Waals surface area contributed by atoms with Crippen molar-refractivity contribution in [1.29, 1.82) is 0 Å². The van der Waals surface area contributed by atoms with Crippen molar-refractivity contribution in [3.8, 4) is 0 Å². The average Bonchev–Trinajstić information content (AvgIpc) is 3.02. The molecule has 30 heavy (non-hydrogen) atoms. The van der Waals surface area contributed by atoms with E-state index in [4.69, 9.17) is 4.74 Å². The Morgan fingerprint density at radius 1 is 1.20 bits per heavy atom. The molecule has 1 heterocycles. The zero-order chi connectivity index (χ0) is 21.8. The van der Waals surface area contributed by atoms with Crippen LogP contribution in [0.5, 0.6) is 0 Å². The van der Waals surface area contributed by atoms with Crippen LogP contribution in [0.2, 0.25) is 0 Å². The highest BCUT2D eigenvalue weighted by atomic mass is 32.1. The fourth-order valence-corrected chi connectivity index (χ4v) is 3.87. The normalized spacial score (nSPS) is 11.9. The van der Waals surface area contributed by atoms with Gasteiger partial charge in [0, 0.05) is 18.2 Å². The van der Waals surface area contributed by atoms with Crippen LogP contribution in [0.15, 0.2) is 47.5 Å². The van der Waals surface area contributed by atoms with Gasteiger partial charge >= 0.3 is 5.97 Å². The standard InChI is InChI=1S/C21H19N3O5S/c1-13-10-17-18(11-14(13)2)30-21(23(17)12-20(26)29-3)22-19(25)9-6-15-4-7-16(8-5-15)24(27)28/h4-11H,12H2,1-3H3/b9-6-,22-21?. The Morgan fingerprint density at radius 2 is 1.87 bits per heavy atom. The molecule has 9 heteroatoms. The molecule has 3 aromatic rings. The van der Waals surface area contributed by atoms with Crippen molar-refractivity contribution in [3.63, 3.8) is 0 Å². The van der Waals surface area contributed by atoms with Crippen LogP contribution < -0.4 is 4.80 Å². The first kappa shape index (κ1) is 21.1. The van der Waals surface area contributed by atoms with E-state index in [0.717, 1.165) is 21.3 Å². The van der Waals surface area contributed by atoms with E-state index >= 15 is 0 Å². The Labute approximate surface area is 175 Å². The van der Waals surface area contributed by atoms with Gasteiger partial charge in [0.2, 0.25) is 0 Å². The number of thiazole rings is 1. The van der Waals surface area contributed by atoms with E-state index in [1.54, 1.807) is 16.7 Å². The van der Waals surface area contributed by atoms with Crippen LogP contribution in [0.3, 0.4) is 0 Å². The molecule has 0 radical (unpaired) electrons. The highest BCUT2D eigenvalue weighted by molar-refractivity contribution is 7.16. The van der Waals surface area contributed by atoms with Gasteiger partial charge in [-0.2, -0.15) is 4.99 Å². The molecule has 0 unspecified atom stereocenters. The Morgan fingerprint density at radius 3 is 2.50 bits per heavy atom. The number of nitro benzene ring substituents is 1. The molecule has 0 aliphatic rings. The second-order valence-corrected chi connectivity index (χ2v) is 7.59. The van der Waals surface area contributed by atoms with Crippen molar-refractivity contribution in [1.82, 2.24) is 4.57 Å². The summed E-state index contributed by atoms with van der Waals surface area (Å²) in [7, 11) is 1.31. The summed E-state index contributed by atoms with van der Waals surface area (Å²) in [5.41, 5.74) is 3.58. The van der Waals surface area contributed by atoms with Gasteiger partial charge in [-0.3, -0.25) is 19.7 Å². The number of esters is 1. The molecule has 0 aliphatic heterocycles. The van der Waals surface area contributed by atoms with E-state index in [9.17, 15) is 19.7 Å². The van der Waals surface area contributed by atoms with Crippen molar-refractivity contribution in [3.05, 3.63) is 74.1 Å². The van der Waals surface area contributed by atoms with Crippen LogP contribution in [0, 0.1) is 24.0 Å². The maximum Gasteiger partial charge on any atom is 0.325 e. The van der Waals surface area contributed by atoms with E-state index < -0.39 is 16.8 Å². The quantitative estimate of drug-likeness (QED) is 0.269. The fraction of sp³-hybridized carbons (Fsp3) is 0.190. The van der Waals surface area contributed by atoms with E-state index in [-0.39, 0.29) is 12.2 Å². The van der Waals surface area contributed by atoms with Crippen molar-refractivity contribution in [2.24, 2.45) is 4.99 Å². The highest BCUT2D eigenvalue weighted by Crippen LogP contribution is 2.22. The first-order chi connectivity index (χ1) is 14.3. The minimum absolute atomic E-state index is 0.0251. The van der Waals surface area contributed by atoms with Crippen LogP contribution in [-0.4, -0.2) is 28.5 Å². The molecule has 0 atom stereocenters. The number of fused-ring (bicyclic) bond motifs is 1. The molecule has 0 saturated carbocycles. The Balaban J connectivity index is 1.97. The third-order valence-electron chi connectivity index (χ3n) is 4.54. The van der Waals surface area contributed by atoms with Gasteiger partial charge in [0.05, 0.1) is 22.2 Å². The number of carbonyl (C=O) groups excluding carboxylic acids is 2. The molecule has 2 aromatic carbocycles. The molecule has 0 saturated heterocycles. The van der Waals surface area contributed by atoms with E-state index in [1.807, 2.05) is 26.0 Å². The first-order valence-electron chi connectivity index (χ1n) is 8.97. The van der Waals surface area contributed by atoms with Crippen LogP contribution in [0.4, 0.5) is 5.69 Å². The summed E-state index contributed by atoms with van der Waals surface area (Å²) in [5.74, 6) is -0.949. The first-order valence-corrected chi connectivity index (χ1v) is 9.79. The molecule has 0 fully saturated rings. The highest BCUT2D eigenvalue weighted by Gasteiger charge is 2.12. The number of amides is 1. The number of ether oxygens (including phenoxy) is 1. The molecular formula is C21H19N3O5S. The van der Waals surface area contributed by atoms with Gasteiger partial charge in [0.25, 0.3) is 11.6 Å². The molecule has 0 aliphatic carbocycles. The maximum absolute atomic E-state index is 12.4. The number of non-ortho nitro benzene ring substituents is 1. The number of hydrogen-bond acceptors (Lipinski definition) is 6. The molecule has 8 nitrogen and oxygen atoms in total. The zero-order valence-electron chi connectivity index (χ0n) is 16.6.